The molecular formula is C12H16N2O3. The van der Waals surface area contributed by atoms with Crippen LogP contribution in [0.5, 0.6) is 5.88 Å². The van der Waals surface area contributed by atoms with Gasteiger partial charge in [-0.25, -0.2) is 4.79 Å². The summed E-state index contributed by atoms with van der Waals surface area (Å²) in [4.78, 5) is 10.6. The van der Waals surface area contributed by atoms with Crippen molar-refractivity contribution in [3.8, 4) is 5.88 Å². The molecule has 0 unspecified atom stereocenters. The molecule has 1 aromatic rings. The fraction of sp³-hybridized carbons (Fsp3) is 0.583. The van der Waals surface area contributed by atoms with E-state index < -0.39 is 5.97 Å². The van der Waals surface area contributed by atoms with Crippen LogP contribution in [-0.2, 0) is 0 Å². The summed E-state index contributed by atoms with van der Waals surface area (Å²) in [6.45, 7) is 0.654. The third kappa shape index (κ3) is 3.41. The first-order valence-electron chi connectivity index (χ1n) is 5.95. The highest BCUT2D eigenvalue weighted by molar-refractivity contribution is 5.84. The Bertz CT molecular complexity index is 372. The van der Waals surface area contributed by atoms with Gasteiger partial charge in [-0.1, -0.05) is 19.3 Å². The number of carboxylic acids is 1. The van der Waals surface area contributed by atoms with E-state index >= 15 is 0 Å². The van der Waals surface area contributed by atoms with Crippen LogP contribution in [-0.4, -0.2) is 27.9 Å². The highest BCUT2D eigenvalue weighted by atomic mass is 16.5. The standard InChI is InChI=1S/C12H16N2O3/c15-12(16)10-6-7-11(14-13-10)17-8-9-4-2-1-3-5-9/h6-7,9H,1-5,8H2,(H,15,16). The van der Waals surface area contributed by atoms with Crippen molar-refractivity contribution in [2.45, 2.75) is 32.1 Å². The molecule has 1 aliphatic carbocycles. The summed E-state index contributed by atoms with van der Waals surface area (Å²) >= 11 is 0. The summed E-state index contributed by atoms with van der Waals surface area (Å²) < 4.78 is 5.51. The lowest BCUT2D eigenvalue weighted by Gasteiger charge is -2.21. The quantitative estimate of drug-likeness (QED) is 0.867. The van der Waals surface area contributed by atoms with Gasteiger partial charge in [-0.3, -0.25) is 0 Å². The van der Waals surface area contributed by atoms with Gasteiger partial charge in [0.15, 0.2) is 5.69 Å². The molecule has 0 aliphatic heterocycles. The van der Waals surface area contributed by atoms with E-state index in [-0.39, 0.29) is 5.69 Å². The predicted octanol–water partition coefficient (Wildman–Crippen LogP) is 2.13. The van der Waals surface area contributed by atoms with E-state index in [1.54, 1.807) is 6.07 Å². The van der Waals surface area contributed by atoms with Gasteiger partial charge in [-0.15, -0.1) is 10.2 Å². The molecule has 2 rings (SSSR count). The number of carbonyl (C=O) groups is 1. The number of nitrogens with zero attached hydrogens (tertiary/aromatic N) is 2. The van der Waals surface area contributed by atoms with Crippen molar-refractivity contribution >= 4 is 5.97 Å². The second-order valence-corrected chi connectivity index (χ2v) is 4.38. The fourth-order valence-corrected chi connectivity index (χ4v) is 2.07. The molecule has 0 aromatic carbocycles. The SMILES string of the molecule is O=C(O)c1ccc(OCC2CCCCC2)nn1. The Morgan fingerprint density at radius 2 is 2.06 bits per heavy atom. The van der Waals surface area contributed by atoms with Gasteiger partial charge in [0.1, 0.15) is 0 Å². The zero-order chi connectivity index (χ0) is 12.1. The molecule has 0 radical (unpaired) electrons. The van der Waals surface area contributed by atoms with Crippen LogP contribution in [0.25, 0.3) is 0 Å². The van der Waals surface area contributed by atoms with E-state index in [2.05, 4.69) is 10.2 Å². The zero-order valence-electron chi connectivity index (χ0n) is 9.63. The molecule has 0 saturated heterocycles. The smallest absolute Gasteiger partial charge is 0.356 e. The third-order valence-corrected chi connectivity index (χ3v) is 3.05. The van der Waals surface area contributed by atoms with Gasteiger partial charge in [0.25, 0.3) is 0 Å². The highest BCUT2D eigenvalue weighted by Gasteiger charge is 2.14. The van der Waals surface area contributed by atoms with Gasteiger partial charge in [-0.05, 0) is 24.8 Å². The van der Waals surface area contributed by atoms with Crippen molar-refractivity contribution in [1.82, 2.24) is 10.2 Å². The van der Waals surface area contributed by atoms with Crippen molar-refractivity contribution in [3.63, 3.8) is 0 Å². The number of ether oxygens (including phenoxy) is 1. The Balaban J connectivity index is 1.84. The molecule has 0 atom stereocenters. The minimum atomic E-state index is -1.07. The molecule has 5 heteroatoms. The van der Waals surface area contributed by atoms with E-state index in [1.807, 2.05) is 0 Å². The van der Waals surface area contributed by atoms with Crippen molar-refractivity contribution in [2.75, 3.05) is 6.61 Å². The lowest BCUT2D eigenvalue weighted by molar-refractivity contribution is 0.0689. The van der Waals surface area contributed by atoms with Crippen LogP contribution in [0.2, 0.25) is 0 Å². The maximum Gasteiger partial charge on any atom is 0.356 e. The van der Waals surface area contributed by atoms with E-state index in [4.69, 9.17) is 9.84 Å². The Hall–Kier alpha value is -1.65. The number of aromatic carboxylic acids is 1. The van der Waals surface area contributed by atoms with Crippen molar-refractivity contribution in [3.05, 3.63) is 17.8 Å². The van der Waals surface area contributed by atoms with Gasteiger partial charge in [0.05, 0.1) is 6.61 Å². The van der Waals surface area contributed by atoms with Crippen molar-refractivity contribution in [2.24, 2.45) is 5.92 Å². The maximum atomic E-state index is 10.6. The molecule has 1 heterocycles. The monoisotopic (exact) mass is 236 g/mol. The van der Waals surface area contributed by atoms with E-state index in [1.165, 1.54) is 38.2 Å². The van der Waals surface area contributed by atoms with Crippen LogP contribution in [0, 0.1) is 5.92 Å². The molecule has 17 heavy (non-hydrogen) atoms. The Kier molecular flexibility index (Phi) is 3.90. The van der Waals surface area contributed by atoms with Gasteiger partial charge in [-0.2, -0.15) is 0 Å². The number of rotatable bonds is 4. The van der Waals surface area contributed by atoms with Gasteiger partial charge in [0, 0.05) is 6.07 Å². The first-order valence-corrected chi connectivity index (χ1v) is 5.95. The zero-order valence-corrected chi connectivity index (χ0v) is 9.63. The Labute approximate surface area is 99.8 Å². The first kappa shape index (κ1) is 11.8. The van der Waals surface area contributed by atoms with Crippen LogP contribution in [0.15, 0.2) is 12.1 Å². The molecule has 0 amide bonds. The maximum absolute atomic E-state index is 10.6. The van der Waals surface area contributed by atoms with Gasteiger partial charge < -0.3 is 9.84 Å². The Morgan fingerprint density at radius 3 is 2.65 bits per heavy atom. The van der Waals surface area contributed by atoms with Gasteiger partial charge in [0.2, 0.25) is 5.88 Å². The van der Waals surface area contributed by atoms with Crippen LogP contribution in [0.1, 0.15) is 42.6 Å². The second kappa shape index (κ2) is 5.61. The topological polar surface area (TPSA) is 72.3 Å². The average molecular weight is 236 g/mol. The summed E-state index contributed by atoms with van der Waals surface area (Å²) in [6, 6.07) is 2.96. The van der Waals surface area contributed by atoms with E-state index in [9.17, 15) is 4.79 Å². The number of carboxylic acid groups (broad SMARTS) is 1. The molecule has 1 aliphatic rings. The molecule has 0 spiro atoms. The Morgan fingerprint density at radius 1 is 1.29 bits per heavy atom. The largest absolute Gasteiger partial charge is 0.476 e. The number of aromatic nitrogens is 2. The van der Waals surface area contributed by atoms with Crippen LogP contribution < -0.4 is 4.74 Å². The summed E-state index contributed by atoms with van der Waals surface area (Å²) in [6.07, 6.45) is 6.29. The molecule has 1 saturated carbocycles. The second-order valence-electron chi connectivity index (χ2n) is 4.38. The van der Waals surface area contributed by atoms with Crippen LogP contribution >= 0.6 is 0 Å². The molecule has 1 fully saturated rings. The molecule has 1 aromatic heterocycles. The highest BCUT2D eigenvalue weighted by Crippen LogP contribution is 2.24. The molecule has 92 valence electrons. The fourth-order valence-electron chi connectivity index (χ4n) is 2.07. The minimum absolute atomic E-state index is 0.0602. The van der Waals surface area contributed by atoms with E-state index in [0.29, 0.717) is 18.4 Å². The molecular weight excluding hydrogens is 220 g/mol. The number of hydrogen-bond donors (Lipinski definition) is 1. The van der Waals surface area contributed by atoms with Crippen LogP contribution in [0.3, 0.4) is 0 Å². The van der Waals surface area contributed by atoms with Crippen LogP contribution in [0.4, 0.5) is 0 Å². The first-order chi connectivity index (χ1) is 8.25. The summed E-state index contributed by atoms with van der Waals surface area (Å²) in [5.41, 5.74) is -0.0602. The molecule has 0 bridgehead atoms. The summed E-state index contributed by atoms with van der Waals surface area (Å²) in [5, 5.41) is 16.0. The minimum Gasteiger partial charge on any atom is -0.476 e. The predicted molar refractivity (Wildman–Crippen MR) is 61.1 cm³/mol. The molecule has 1 N–H and O–H groups in total. The summed E-state index contributed by atoms with van der Waals surface area (Å²) in [7, 11) is 0. The van der Waals surface area contributed by atoms with Crippen molar-refractivity contribution in [1.29, 1.82) is 0 Å². The van der Waals surface area contributed by atoms with Gasteiger partial charge >= 0.3 is 5.97 Å². The number of hydrogen-bond acceptors (Lipinski definition) is 4. The lowest BCUT2D eigenvalue weighted by atomic mass is 9.90. The molecule has 5 nitrogen and oxygen atoms in total. The van der Waals surface area contributed by atoms with Crippen molar-refractivity contribution < 1.29 is 14.6 Å². The van der Waals surface area contributed by atoms with E-state index in [0.717, 1.165) is 0 Å². The normalized spacial score (nSPS) is 16.7. The summed E-state index contributed by atoms with van der Waals surface area (Å²) in [5.74, 6) is -0.0680. The average Bonchev–Trinajstić information content (AvgIpc) is 2.38. The third-order valence-electron chi connectivity index (χ3n) is 3.05. The lowest BCUT2D eigenvalue weighted by Crippen LogP contribution is -2.16.